The number of hydrogen-bond donors (Lipinski definition) is 2. The molecule has 21 heavy (non-hydrogen) atoms. The standard InChI is InChI=1S/C15H24N4O2/c20-14-4-2-1-3-13(14)16-9-12-10-17-15(18-11-12)19-5-7-21-8-6-19/h10-11,13-14,16,20H,1-9H2. The first kappa shape index (κ1) is 14.7. The van der Waals surface area contributed by atoms with Gasteiger partial charge in [-0.3, -0.25) is 0 Å². The molecule has 1 aromatic heterocycles. The van der Waals surface area contributed by atoms with Crippen molar-refractivity contribution < 1.29 is 9.84 Å². The molecule has 6 nitrogen and oxygen atoms in total. The Morgan fingerprint density at radius 1 is 1.19 bits per heavy atom. The number of nitrogens with zero attached hydrogens (tertiary/aromatic N) is 3. The number of aliphatic hydroxyl groups is 1. The third-order valence-electron chi connectivity index (χ3n) is 4.28. The van der Waals surface area contributed by atoms with Gasteiger partial charge in [-0.05, 0) is 12.8 Å². The summed E-state index contributed by atoms with van der Waals surface area (Å²) in [7, 11) is 0. The Hall–Kier alpha value is -1.24. The first-order chi connectivity index (χ1) is 10.3. The maximum absolute atomic E-state index is 9.95. The zero-order chi connectivity index (χ0) is 14.5. The van der Waals surface area contributed by atoms with E-state index < -0.39 is 0 Å². The Bertz CT molecular complexity index is 434. The normalized spacial score (nSPS) is 26.8. The number of rotatable bonds is 4. The van der Waals surface area contributed by atoms with Crippen molar-refractivity contribution in [1.29, 1.82) is 0 Å². The van der Waals surface area contributed by atoms with Crippen molar-refractivity contribution in [1.82, 2.24) is 15.3 Å². The van der Waals surface area contributed by atoms with E-state index in [1.807, 2.05) is 12.4 Å². The van der Waals surface area contributed by atoms with Crippen LogP contribution in [0, 0.1) is 0 Å². The molecule has 3 rings (SSSR count). The fourth-order valence-corrected chi connectivity index (χ4v) is 2.96. The van der Waals surface area contributed by atoms with Gasteiger partial charge in [0.15, 0.2) is 0 Å². The molecule has 2 N–H and O–H groups in total. The summed E-state index contributed by atoms with van der Waals surface area (Å²) in [4.78, 5) is 11.0. The average molecular weight is 292 g/mol. The van der Waals surface area contributed by atoms with E-state index in [1.54, 1.807) is 0 Å². The lowest BCUT2D eigenvalue weighted by Gasteiger charge is -2.28. The highest BCUT2D eigenvalue weighted by molar-refractivity contribution is 5.30. The van der Waals surface area contributed by atoms with Gasteiger partial charge >= 0.3 is 0 Å². The molecule has 1 saturated carbocycles. The maximum atomic E-state index is 9.95. The number of nitrogens with one attached hydrogen (secondary N) is 1. The van der Waals surface area contributed by atoms with Gasteiger partial charge in [0.2, 0.25) is 5.95 Å². The lowest BCUT2D eigenvalue weighted by Crippen LogP contribution is -2.41. The molecule has 1 aromatic rings. The Morgan fingerprint density at radius 3 is 2.62 bits per heavy atom. The van der Waals surface area contributed by atoms with E-state index in [1.165, 1.54) is 6.42 Å². The molecular formula is C15H24N4O2. The molecule has 2 aliphatic rings. The summed E-state index contributed by atoms with van der Waals surface area (Å²) >= 11 is 0. The zero-order valence-corrected chi connectivity index (χ0v) is 12.4. The fourth-order valence-electron chi connectivity index (χ4n) is 2.96. The van der Waals surface area contributed by atoms with Gasteiger partial charge < -0.3 is 20.1 Å². The number of aliphatic hydroxyl groups excluding tert-OH is 1. The Morgan fingerprint density at radius 2 is 1.90 bits per heavy atom. The van der Waals surface area contributed by atoms with Gasteiger partial charge in [-0.15, -0.1) is 0 Å². The molecule has 6 heteroatoms. The van der Waals surface area contributed by atoms with Crippen LogP contribution < -0.4 is 10.2 Å². The summed E-state index contributed by atoms with van der Waals surface area (Å²) in [6.45, 7) is 3.90. The Labute approximate surface area is 125 Å². The Kier molecular flexibility index (Phi) is 5.00. The first-order valence-electron chi connectivity index (χ1n) is 7.88. The minimum Gasteiger partial charge on any atom is -0.392 e. The van der Waals surface area contributed by atoms with Crippen LogP contribution in [0.25, 0.3) is 0 Å². The van der Waals surface area contributed by atoms with E-state index >= 15 is 0 Å². The largest absolute Gasteiger partial charge is 0.392 e. The van der Waals surface area contributed by atoms with Crippen LogP contribution in [-0.2, 0) is 11.3 Å². The lowest BCUT2D eigenvalue weighted by molar-refractivity contribution is 0.0902. The third-order valence-corrected chi connectivity index (χ3v) is 4.28. The molecule has 0 spiro atoms. The van der Waals surface area contributed by atoms with Gasteiger partial charge in [-0.25, -0.2) is 9.97 Å². The second-order valence-corrected chi connectivity index (χ2v) is 5.83. The number of ether oxygens (including phenoxy) is 1. The first-order valence-corrected chi connectivity index (χ1v) is 7.88. The molecule has 0 aromatic carbocycles. The van der Waals surface area contributed by atoms with Crippen LogP contribution in [0.15, 0.2) is 12.4 Å². The van der Waals surface area contributed by atoms with Crippen LogP contribution in [0.5, 0.6) is 0 Å². The van der Waals surface area contributed by atoms with Crippen molar-refractivity contribution >= 4 is 5.95 Å². The zero-order valence-electron chi connectivity index (χ0n) is 12.4. The summed E-state index contributed by atoms with van der Waals surface area (Å²) < 4.78 is 5.33. The van der Waals surface area contributed by atoms with Crippen molar-refractivity contribution in [3.63, 3.8) is 0 Å². The SMILES string of the molecule is OC1CCCCC1NCc1cnc(N2CCOCC2)nc1. The van der Waals surface area contributed by atoms with Crippen LogP contribution in [0.4, 0.5) is 5.95 Å². The summed E-state index contributed by atoms with van der Waals surface area (Å²) in [5.41, 5.74) is 1.06. The summed E-state index contributed by atoms with van der Waals surface area (Å²) in [6.07, 6.45) is 7.82. The monoisotopic (exact) mass is 292 g/mol. The molecule has 1 aliphatic heterocycles. The van der Waals surface area contributed by atoms with Crippen LogP contribution in [0.2, 0.25) is 0 Å². The smallest absolute Gasteiger partial charge is 0.225 e. The van der Waals surface area contributed by atoms with Crippen LogP contribution >= 0.6 is 0 Å². The van der Waals surface area contributed by atoms with E-state index in [0.717, 1.165) is 57.1 Å². The molecule has 1 saturated heterocycles. The quantitative estimate of drug-likeness (QED) is 0.851. The molecule has 2 unspecified atom stereocenters. The molecule has 116 valence electrons. The molecule has 2 heterocycles. The van der Waals surface area contributed by atoms with E-state index in [4.69, 9.17) is 4.74 Å². The summed E-state index contributed by atoms with van der Waals surface area (Å²) in [5, 5.41) is 13.4. The van der Waals surface area contributed by atoms with Crippen molar-refractivity contribution in [3.05, 3.63) is 18.0 Å². The number of aromatic nitrogens is 2. The van der Waals surface area contributed by atoms with Gasteiger partial charge in [0.25, 0.3) is 0 Å². The topological polar surface area (TPSA) is 70.5 Å². The van der Waals surface area contributed by atoms with Gasteiger partial charge in [-0.1, -0.05) is 12.8 Å². The minimum atomic E-state index is -0.215. The van der Waals surface area contributed by atoms with E-state index in [-0.39, 0.29) is 12.1 Å². The van der Waals surface area contributed by atoms with Gasteiger partial charge in [0, 0.05) is 43.6 Å². The molecule has 2 atom stereocenters. The van der Waals surface area contributed by atoms with Crippen molar-refractivity contribution in [2.45, 2.75) is 44.4 Å². The fraction of sp³-hybridized carbons (Fsp3) is 0.733. The van der Waals surface area contributed by atoms with Crippen LogP contribution in [0.3, 0.4) is 0 Å². The van der Waals surface area contributed by atoms with Crippen molar-refractivity contribution in [2.24, 2.45) is 0 Å². The summed E-state index contributed by atoms with van der Waals surface area (Å²) in [6, 6.07) is 0.206. The van der Waals surface area contributed by atoms with Gasteiger partial charge in [-0.2, -0.15) is 0 Å². The molecule has 0 amide bonds. The lowest BCUT2D eigenvalue weighted by atomic mass is 9.92. The second kappa shape index (κ2) is 7.15. The van der Waals surface area contributed by atoms with E-state index in [0.29, 0.717) is 6.54 Å². The average Bonchev–Trinajstić information content (AvgIpc) is 2.55. The highest BCUT2D eigenvalue weighted by Crippen LogP contribution is 2.18. The minimum absolute atomic E-state index is 0.206. The van der Waals surface area contributed by atoms with Gasteiger partial charge in [0.05, 0.1) is 19.3 Å². The van der Waals surface area contributed by atoms with Gasteiger partial charge in [0.1, 0.15) is 0 Å². The van der Waals surface area contributed by atoms with Crippen molar-refractivity contribution in [2.75, 3.05) is 31.2 Å². The third kappa shape index (κ3) is 3.90. The Balaban J connectivity index is 1.52. The highest BCUT2D eigenvalue weighted by Gasteiger charge is 2.22. The van der Waals surface area contributed by atoms with Crippen molar-refractivity contribution in [3.8, 4) is 0 Å². The van der Waals surface area contributed by atoms with E-state index in [2.05, 4.69) is 20.2 Å². The number of morpholine rings is 1. The number of hydrogen-bond acceptors (Lipinski definition) is 6. The van der Waals surface area contributed by atoms with E-state index in [9.17, 15) is 5.11 Å². The molecule has 2 fully saturated rings. The predicted molar refractivity (Wildman–Crippen MR) is 80.2 cm³/mol. The van der Waals surface area contributed by atoms with Crippen LogP contribution in [0.1, 0.15) is 31.2 Å². The molecule has 0 bridgehead atoms. The maximum Gasteiger partial charge on any atom is 0.225 e. The highest BCUT2D eigenvalue weighted by atomic mass is 16.5. The number of anilines is 1. The summed E-state index contributed by atoms with van der Waals surface area (Å²) in [5.74, 6) is 0.778. The molecule has 0 radical (unpaired) electrons. The second-order valence-electron chi connectivity index (χ2n) is 5.83. The van der Waals surface area contributed by atoms with Crippen LogP contribution in [-0.4, -0.2) is 53.5 Å². The molecular weight excluding hydrogens is 268 g/mol. The molecule has 1 aliphatic carbocycles. The predicted octanol–water partition coefficient (Wildman–Crippen LogP) is 0.706.